The maximum atomic E-state index is 10.4. The highest BCUT2D eigenvalue weighted by atomic mass is 31.2. The zero-order valence-corrected chi connectivity index (χ0v) is 9.34. The van der Waals surface area contributed by atoms with Gasteiger partial charge >= 0.3 is 7.75 Å². The lowest BCUT2D eigenvalue weighted by Gasteiger charge is -2.39. The van der Waals surface area contributed by atoms with Crippen molar-refractivity contribution in [3.63, 3.8) is 0 Å². The van der Waals surface area contributed by atoms with E-state index in [9.17, 15) is 19.9 Å². The normalized spacial score (nSPS) is 39.3. The first-order valence-electron chi connectivity index (χ1n) is 4.55. The van der Waals surface area contributed by atoms with Gasteiger partial charge in [0.05, 0.1) is 6.61 Å². The van der Waals surface area contributed by atoms with E-state index in [-0.39, 0.29) is 0 Å². The second-order valence-electron chi connectivity index (χ2n) is 3.45. The smallest absolute Gasteiger partial charge is 0.394 e. The molecule has 10 nitrogen and oxygen atoms in total. The van der Waals surface area contributed by atoms with E-state index >= 15 is 0 Å². The molecule has 0 amide bonds. The van der Waals surface area contributed by atoms with Crippen LogP contribution in [0.2, 0.25) is 0 Å². The minimum atomic E-state index is -4.69. The quantitative estimate of drug-likeness (QED) is 0.201. The molecule has 17 heavy (non-hydrogen) atoms. The molecule has 1 fully saturated rings. The van der Waals surface area contributed by atoms with Crippen molar-refractivity contribution in [3.05, 3.63) is 0 Å². The van der Waals surface area contributed by atoms with Gasteiger partial charge in [0.25, 0.3) is 0 Å². The summed E-state index contributed by atoms with van der Waals surface area (Å²) in [7, 11) is -4.69. The van der Waals surface area contributed by atoms with Crippen LogP contribution in [0.4, 0.5) is 0 Å². The fourth-order valence-electron chi connectivity index (χ4n) is 1.29. The molecule has 1 aliphatic heterocycles. The van der Waals surface area contributed by atoms with Gasteiger partial charge < -0.3 is 34.9 Å². The third-order valence-corrected chi connectivity index (χ3v) is 2.48. The van der Waals surface area contributed by atoms with E-state index in [1.165, 1.54) is 5.25 Å². The molecule has 0 aromatic heterocycles. The molecule has 0 radical (unpaired) electrons. The van der Waals surface area contributed by atoms with Crippen LogP contribution in [0.15, 0.2) is 0 Å². The van der Waals surface area contributed by atoms with Crippen LogP contribution >= 0.6 is 7.75 Å². The van der Waals surface area contributed by atoms with Crippen LogP contribution < -0.4 is 5.25 Å². The van der Waals surface area contributed by atoms with Crippen LogP contribution in [0.1, 0.15) is 0 Å². The number of nitrogens with one attached hydrogen (secondary N) is 1. The summed E-state index contributed by atoms with van der Waals surface area (Å²) in [6, 6.07) is 0. The van der Waals surface area contributed by atoms with E-state index in [1.807, 2.05) is 0 Å². The summed E-state index contributed by atoms with van der Waals surface area (Å²) in [4.78, 5) is 21.2. The fourth-order valence-corrected chi connectivity index (χ4v) is 1.53. The van der Waals surface area contributed by atoms with Gasteiger partial charge in [0, 0.05) is 0 Å². The molecule has 1 rings (SSSR count). The molecule has 5 atom stereocenters. The molecule has 0 aromatic rings. The number of aliphatic hydroxyl groups is 4. The topological polar surface area (TPSA) is 169 Å². The summed E-state index contributed by atoms with van der Waals surface area (Å²) < 4.78 is 15.2. The van der Waals surface area contributed by atoms with Gasteiger partial charge in [-0.25, -0.2) is 4.57 Å². The maximum absolute atomic E-state index is 10.4. The minimum absolute atomic E-state index is 0.666. The summed E-state index contributed by atoms with van der Waals surface area (Å²) in [5.41, 5.74) is 0. The van der Waals surface area contributed by atoms with Crippen molar-refractivity contribution in [2.75, 3.05) is 6.61 Å². The predicted octanol–water partition coefficient (Wildman–Crippen LogP) is -3.60. The van der Waals surface area contributed by atoms with Crippen LogP contribution in [0.3, 0.4) is 0 Å². The van der Waals surface area contributed by atoms with E-state index < -0.39 is 45.1 Å². The summed E-state index contributed by atoms with van der Waals surface area (Å²) in [5.74, 6) is 0. The molecule has 102 valence electrons. The molecule has 7 N–H and O–H groups in total. The van der Waals surface area contributed by atoms with Gasteiger partial charge in [-0.3, -0.25) is 4.84 Å². The number of hydrogen-bond donors (Lipinski definition) is 7. The Bertz CT molecular complexity index is 293. The Morgan fingerprint density at radius 3 is 2.24 bits per heavy atom. The minimum Gasteiger partial charge on any atom is -0.394 e. The summed E-state index contributed by atoms with van der Waals surface area (Å²) in [5, 5.41) is 38.2. The van der Waals surface area contributed by atoms with Gasteiger partial charge in [-0.15, -0.1) is 0 Å². The second kappa shape index (κ2) is 5.67. The van der Waals surface area contributed by atoms with Crippen molar-refractivity contribution in [2.24, 2.45) is 0 Å². The zero-order chi connectivity index (χ0) is 13.2. The average molecular weight is 275 g/mol. The molecule has 0 aliphatic carbocycles. The molecule has 1 unspecified atom stereocenters. The molecular formula is C6H14NO9P. The molecular weight excluding hydrogens is 261 g/mol. The average Bonchev–Trinajstić information content (AvgIpc) is 2.24. The van der Waals surface area contributed by atoms with Crippen LogP contribution in [0.5, 0.6) is 0 Å². The Labute approximate surface area is 95.6 Å². The van der Waals surface area contributed by atoms with Crippen molar-refractivity contribution >= 4 is 7.75 Å². The largest absolute Gasteiger partial charge is 0.423 e. The van der Waals surface area contributed by atoms with E-state index in [1.54, 1.807) is 0 Å². The number of aliphatic hydroxyl groups excluding tert-OH is 4. The lowest BCUT2D eigenvalue weighted by atomic mass is 9.99. The van der Waals surface area contributed by atoms with Gasteiger partial charge in [0.1, 0.15) is 24.4 Å². The van der Waals surface area contributed by atoms with E-state index in [0.29, 0.717) is 0 Å². The van der Waals surface area contributed by atoms with Gasteiger partial charge in [0.2, 0.25) is 6.29 Å². The molecule has 1 aliphatic rings. The zero-order valence-electron chi connectivity index (χ0n) is 8.45. The number of hydrogen-bond acceptors (Lipinski definition) is 7. The van der Waals surface area contributed by atoms with Crippen LogP contribution in [-0.4, -0.2) is 67.5 Å². The van der Waals surface area contributed by atoms with Gasteiger partial charge in [-0.1, -0.05) is 5.25 Å². The van der Waals surface area contributed by atoms with Crippen molar-refractivity contribution in [1.29, 1.82) is 0 Å². The van der Waals surface area contributed by atoms with Crippen molar-refractivity contribution in [2.45, 2.75) is 30.7 Å². The highest BCUT2D eigenvalue weighted by molar-refractivity contribution is 7.49. The Morgan fingerprint density at radius 2 is 1.76 bits per heavy atom. The Morgan fingerprint density at radius 1 is 1.18 bits per heavy atom. The highest BCUT2D eigenvalue weighted by Gasteiger charge is 2.44. The summed E-state index contributed by atoms with van der Waals surface area (Å²) in [6.45, 7) is -0.666. The van der Waals surface area contributed by atoms with Crippen LogP contribution in [0.25, 0.3) is 0 Å². The molecule has 11 heteroatoms. The predicted molar refractivity (Wildman–Crippen MR) is 50.0 cm³/mol. The molecule has 1 saturated heterocycles. The number of ether oxygens (including phenoxy) is 1. The Kier molecular flexibility index (Phi) is 4.98. The first kappa shape index (κ1) is 14.9. The van der Waals surface area contributed by atoms with E-state index in [0.717, 1.165) is 0 Å². The standard InChI is InChI=1S/C6H14NO9P/c8-1-2-3(9)4(10)5(11)6(15-2)16-7-17(12,13)14/h2-6,8-11H,1H2,(H3,7,12,13,14)/t2-,3-,4+,5-,6?/m1/s1. The number of rotatable bonds is 4. The third kappa shape index (κ3) is 3.93. The molecule has 0 aromatic carbocycles. The molecule has 0 spiro atoms. The second-order valence-corrected chi connectivity index (χ2v) is 4.72. The van der Waals surface area contributed by atoms with Crippen LogP contribution in [0, 0.1) is 0 Å². The van der Waals surface area contributed by atoms with Crippen molar-refractivity contribution in [1.82, 2.24) is 5.25 Å². The fraction of sp³-hybridized carbons (Fsp3) is 1.00. The molecule has 1 heterocycles. The monoisotopic (exact) mass is 275 g/mol. The molecule has 0 bridgehead atoms. The van der Waals surface area contributed by atoms with Gasteiger partial charge in [0.15, 0.2) is 0 Å². The molecule has 0 saturated carbocycles. The Balaban J connectivity index is 2.62. The SMILES string of the molecule is O=P(O)(O)NOC1O[C@H](CO)[C@@H](O)[C@H](O)[C@H]1O. The highest BCUT2D eigenvalue weighted by Crippen LogP contribution is 2.30. The summed E-state index contributed by atoms with van der Waals surface area (Å²) >= 11 is 0. The van der Waals surface area contributed by atoms with E-state index in [2.05, 4.69) is 4.84 Å². The van der Waals surface area contributed by atoms with Crippen molar-refractivity contribution in [3.8, 4) is 0 Å². The summed E-state index contributed by atoms with van der Waals surface area (Å²) in [6.07, 6.45) is -7.82. The maximum Gasteiger partial charge on any atom is 0.423 e. The first-order valence-corrected chi connectivity index (χ1v) is 6.16. The third-order valence-electron chi connectivity index (χ3n) is 2.14. The van der Waals surface area contributed by atoms with Crippen molar-refractivity contribution < 1.29 is 44.4 Å². The van der Waals surface area contributed by atoms with E-state index in [4.69, 9.17) is 19.6 Å². The first-order chi connectivity index (χ1) is 7.76. The Hall–Kier alpha value is -0.130. The lowest BCUT2D eigenvalue weighted by molar-refractivity contribution is -0.310. The lowest BCUT2D eigenvalue weighted by Crippen LogP contribution is -2.59. The van der Waals surface area contributed by atoms with Gasteiger partial charge in [-0.05, 0) is 0 Å². The van der Waals surface area contributed by atoms with Crippen LogP contribution in [-0.2, 0) is 14.1 Å². The van der Waals surface area contributed by atoms with Gasteiger partial charge in [-0.2, -0.15) is 0 Å².